The summed E-state index contributed by atoms with van der Waals surface area (Å²) in [4.78, 5) is 12.1. The van der Waals surface area contributed by atoms with Crippen LogP contribution in [0, 0.1) is 12.7 Å². The number of anilines is 2. The van der Waals surface area contributed by atoms with E-state index in [1.165, 1.54) is 12.1 Å². The minimum Gasteiger partial charge on any atom is -0.308 e. The molecule has 2 N–H and O–H groups in total. The summed E-state index contributed by atoms with van der Waals surface area (Å²) in [7, 11) is 0. The lowest BCUT2D eigenvalue weighted by Crippen LogP contribution is -2.20. The van der Waals surface area contributed by atoms with Gasteiger partial charge in [0, 0.05) is 11.3 Å². The first-order valence-corrected chi connectivity index (χ1v) is 8.22. The van der Waals surface area contributed by atoms with Gasteiger partial charge in [-0.1, -0.05) is 24.3 Å². The summed E-state index contributed by atoms with van der Waals surface area (Å²) < 4.78 is 15.3. The van der Waals surface area contributed by atoms with Gasteiger partial charge in [-0.25, -0.2) is 9.18 Å². The Balaban J connectivity index is 1.55. The number of halogens is 1. The number of nitrogens with zero attached hydrogens (tertiary/aromatic N) is 4. The summed E-state index contributed by atoms with van der Waals surface area (Å²) in [6.07, 6.45) is 0. The van der Waals surface area contributed by atoms with Gasteiger partial charge in [-0.05, 0) is 43.3 Å². The van der Waals surface area contributed by atoms with Crippen molar-refractivity contribution >= 4 is 23.1 Å². The molecule has 0 radical (unpaired) electrons. The van der Waals surface area contributed by atoms with E-state index in [-0.39, 0.29) is 5.69 Å². The molecule has 134 valence electrons. The zero-order chi connectivity index (χ0) is 18.8. The highest BCUT2D eigenvalue weighted by atomic mass is 19.1. The van der Waals surface area contributed by atoms with Gasteiger partial charge in [0.1, 0.15) is 5.82 Å². The number of carbonyl (C=O) groups excluding carboxylic acids is 1. The van der Waals surface area contributed by atoms with Crippen LogP contribution in [0.2, 0.25) is 0 Å². The van der Waals surface area contributed by atoms with Crippen LogP contribution < -0.4 is 10.6 Å². The fraction of sp³-hybridized carbons (Fsp3) is 0.0526. The van der Waals surface area contributed by atoms with Crippen molar-refractivity contribution in [2.45, 2.75) is 6.92 Å². The number of urea groups is 1. The molecule has 8 heteroatoms. The van der Waals surface area contributed by atoms with E-state index in [1.54, 1.807) is 34.8 Å². The Hall–Kier alpha value is -3.81. The molecular weight excluding hydrogens is 347 g/mol. The predicted molar refractivity (Wildman–Crippen MR) is 100.0 cm³/mol. The van der Waals surface area contributed by atoms with Crippen LogP contribution in [0.1, 0.15) is 5.82 Å². The van der Waals surface area contributed by atoms with E-state index < -0.39 is 11.8 Å². The van der Waals surface area contributed by atoms with Crippen LogP contribution in [0.15, 0.2) is 60.7 Å². The molecule has 0 spiro atoms. The van der Waals surface area contributed by atoms with Gasteiger partial charge in [0.2, 0.25) is 0 Å². The molecule has 2 aromatic carbocycles. The molecule has 0 aliphatic heterocycles. The lowest BCUT2D eigenvalue weighted by atomic mass is 10.1. The van der Waals surface area contributed by atoms with Crippen LogP contribution in [0.25, 0.3) is 16.9 Å². The Labute approximate surface area is 153 Å². The fourth-order valence-corrected chi connectivity index (χ4v) is 2.65. The molecule has 4 rings (SSSR count). The average Bonchev–Trinajstić information content (AvgIpc) is 3.04. The largest absolute Gasteiger partial charge is 0.323 e. The molecule has 0 aliphatic rings. The number of aryl methyl sites for hydroxylation is 1. The monoisotopic (exact) mass is 362 g/mol. The number of fused-ring (bicyclic) bond motifs is 1. The number of hydrogen-bond donors (Lipinski definition) is 2. The first-order chi connectivity index (χ1) is 13.1. The lowest BCUT2D eigenvalue weighted by Gasteiger charge is -2.09. The fourth-order valence-electron chi connectivity index (χ4n) is 2.65. The zero-order valence-electron chi connectivity index (χ0n) is 14.3. The van der Waals surface area contributed by atoms with Gasteiger partial charge in [-0.15, -0.1) is 10.2 Å². The second-order valence-corrected chi connectivity index (χ2v) is 5.88. The second kappa shape index (κ2) is 6.83. The summed E-state index contributed by atoms with van der Waals surface area (Å²) in [5.41, 5.74) is 2.86. The highest BCUT2D eigenvalue weighted by molar-refractivity contribution is 6.00. The Morgan fingerprint density at radius 2 is 1.85 bits per heavy atom. The third kappa shape index (κ3) is 3.45. The quantitative estimate of drug-likeness (QED) is 0.579. The second-order valence-electron chi connectivity index (χ2n) is 5.88. The molecule has 0 bridgehead atoms. The number of rotatable bonds is 3. The van der Waals surface area contributed by atoms with E-state index >= 15 is 0 Å². The summed E-state index contributed by atoms with van der Waals surface area (Å²) in [5.74, 6) is 0.189. The van der Waals surface area contributed by atoms with Crippen LogP contribution >= 0.6 is 0 Å². The van der Waals surface area contributed by atoms with Crippen molar-refractivity contribution in [3.63, 3.8) is 0 Å². The van der Waals surface area contributed by atoms with E-state index in [2.05, 4.69) is 25.9 Å². The molecule has 0 saturated heterocycles. The van der Waals surface area contributed by atoms with Crippen LogP contribution in [0.5, 0.6) is 0 Å². The minimum atomic E-state index is -0.532. The number of amides is 2. The maximum absolute atomic E-state index is 13.6. The Kier molecular flexibility index (Phi) is 4.21. The molecule has 0 atom stereocenters. The number of carbonyl (C=O) groups is 1. The van der Waals surface area contributed by atoms with Gasteiger partial charge >= 0.3 is 6.03 Å². The van der Waals surface area contributed by atoms with E-state index in [9.17, 15) is 9.18 Å². The van der Waals surface area contributed by atoms with Crippen molar-refractivity contribution in [2.75, 3.05) is 10.6 Å². The Morgan fingerprint density at radius 3 is 2.70 bits per heavy atom. The highest BCUT2D eigenvalue weighted by Crippen LogP contribution is 2.22. The predicted octanol–water partition coefficient (Wildman–Crippen LogP) is 3.88. The molecule has 2 amide bonds. The topological polar surface area (TPSA) is 84.2 Å². The van der Waals surface area contributed by atoms with Crippen molar-refractivity contribution < 1.29 is 9.18 Å². The summed E-state index contributed by atoms with van der Waals surface area (Å²) >= 11 is 0. The Bertz CT molecular complexity index is 1140. The van der Waals surface area contributed by atoms with Crippen molar-refractivity contribution in [3.8, 4) is 11.3 Å². The van der Waals surface area contributed by atoms with Gasteiger partial charge in [0.15, 0.2) is 11.5 Å². The minimum absolute atomic E-state index is 0.112. The molecule has 2 aromatic heterocycles. The van der Waals surface area contributed by atoms with Crippen LogP contribution in [-0.2, 0) is 0 Å². The standard InChI is InChI=1S/C19H15FN6O/c1-12-23-24-18-10-9-16(25-26(12)18)13-5-4-6-14(11-13)21-19(27)22-17-8-3-2-7-15(17)20/h2-11H,1H3,(H2,21,22,27). The number of para-hydroxylation sites is 1. The first-order valence-electron chi connectivity index (χ1n) is 8.22. The highest BCUT2D eigenvalue weighted by Gasteiger charge is 2.09. The summed E-state index contributed by atoms with van der Waals surface area (Å²) in [6.45, 7) is 1.82. The average molecular weight is 362 g/mol. The number of benzene rings is 2. The third-order valence-corrected chi connectivity index (χ3v) is 3.96. The van der Waals surface area contributed by atoms with Crippen LogP contribution in [0.4, 0.5) is 20.6 Å². The molecule has 2 heterocycles. The van der Waals surface area contributed by atoms with Crippen molar-refractivity contribution in [2.24, 2.45) is 0 Å². The van der Waals surface area contributed by atoms with Gasteiger partial charge in [-0.3, -0.25) is 0 Å². The van der Waals surface area contributed by atoms with E-state index in [0.717, 1.165) is 5.56 Å². The number of aromatic nitrogens is 4. The third-order valence-electron chi connectivity index (χ3n) is 3.96. The van der Waals surface area contributed by atoms with Gasteiger partial charge < -0.3 is 10.6 Å². The smallest absolute Gasteiger partial charge is 0.308 e. The maximum Gasteiger partial charge on any atom is 0.323 e. The maximum atomic E-state index is 13.6. The van der Waals surface area contributed by atoms with E-state index in [0.29, 0.717) is 22.9 Å². The lowest BCUT2D eigenvalue weighted by molar-refractivity contribution is 0.262. The zero-order valence-corrected chi connectivity index (χ0v) is 14.3. The van der Waals surface area contributed by atoms with Crippen molar-refractivity contribution in [1.82, 2.24) is 19.8 Å². The van der Waals surface area contributed by atoms with E-state index in [1.807, 2.05) is 25.1 Å². The number of hydrogen-bond acceptors (Lipinski definition) is 4. The molecule has 4 aromatic rings. The van der Waals surface area contributed by atoms with Crippen molar-refractivity contribution in [3.05, 3.63) is 72.3 Å². The Morgan fingerprint density at radius 1 is 1.00 bits per heavy atom. The van der Waals surface area contributed by atoms with Crippen LogP contribution in [-0.4, -0.2) is 25.8 Å². The van der Waals surface area contributed by atoms with Crippen LogP contribution in [0.3, 0.4) is 0 Å². The SMILES string of the molecule is Cc1nnc2ccc(-c3cccc(NC(=O)Nc4ccccc4F)c3)nn12. The van der Waals surface area contributed by atoms with Crippen molar-refractivity contribution in [1.29, 1.82) is 0 Å². The van der Waals surface area contributed by atoms with Gasteiger partial charge in [0.25, 0.3) is 0 Å². The summed E-state index contributed by atoms with van der Waals surface area (Å²) in [5, 5.41) is 17.7. The van der Waals surface area contributed by atoms with Gasteiger partial charge in [-0.2, -0.15) is 9.61 Å². The molecule has 0 fully saturated rings. The number of nitrogens with one attached hydrogen (secondary N) is 2. The molecule has 27 heavy (non-hydrogen) atoms. The van der Waals surface area contributed by atoms with E-state index in [4.69, 9.17) is 0 Å². The van der Waals surface area contributed by atoms with Gasteiger partial charge in [0.05, 0.1) is 11.4 Å². The molecule has 0 aliphatic carbocycles. The molecule has 7 nitrogen and oxygen atoms in total. The summed E-state index contributed by atoms with van der Waals surface area (Å²) in [6, 6.07) is 16.3. The molecule has 0 unspecified atom stereocenters. The molecule has 0 saturated carbocycles. The first kappa shape index (κ1) is 16.6. The molecular formula is C19H15FN6O. The normalized spacial score (nSPS) is 10.7.